The highest BCUT2D eigenvalue weighted by molar-refractivity contribution is 4.88. The van der Waals surface area contributed by atoms with Gasteiger partial charge in [0.25, 0.3) is 0 Å². The summed E-state index contributed by atoms with van der Waals surface area (Å²) in [5.41, 5.74) is 0. The summed E-state index contributed by atoms with van der Waals surface area (Å²) in [5, 5.41) is 3.81. The van der Waals surface area contributed by atoms with Crippen LogP contribution in [0.3, 0.4) is 0 Å². The monoisotopic (exact) mass is 249 g/mol. The number of nitrogens with one attached hydrogen (secondary N) is 1. The Balaban J connectivity index is 1.55. The lowest BCUT2D eigenvalue weighted by molar-refractivity contribution is 0.109. The average Bonchev–Trinajstić information content (AvgIpc) is 3.21. The summed E-state index contributed by atoms with van der Waals surface area (Å²) < 4.78 is 0. The van der Waals surface area contributed by atoms with Gasteiger partial charge in [-0.05, 0) is 62.3 Å². The van der Waals surface area contributed by atoms with Crippen molar-refractivity contribution in [3.05, 3.63) is 0 Å². The smallest absolute Gasteiger partial charge is 0.00683 e. The fraction of sp³-hybridized carbons (Fsp3) is 1.00. The SMILES string of the molecule is CC1CCCC(C2CCCCC2CNC2CC2)C1. The molecule has 0 saturated heterocycles. The van der Waals surface area contributed by atoms with Gasteiger partial charge in [0.15, 0.2) is 0 Å². The Kier molecular flexibility index (Phi) is 4.28. The third kappa shape index (κ3) is 3.29. The molecule has 3 aliphatic rings. The van der Waals surface area contributed by atoms with Gasteiger partial charge in [-0.25, -0.2) is 0 Å². The number of hydrogen-bond acceptors (Lipinski definition) is 1. The Morgan fingerprint density at radius 2 is 1.72 bits per heavy atom. The van der Waals surface area contributed by atoms with Crippen molar-refractivity contribution < 1.29 is 0 Å². The summed E-state index contributed by atoms with van der Waals surface area (Å²) in [6.07, 6.45) is 15.0. The minimum absolute atomic E-state index is 0.901. The highest BCUT2D eigenvalue weighted by Gasteiger charge is 2.34. The van der Waals surface area contributed by atoms with Crippen LogP contribution >= 0.6 is 0 Å². The van der Waals surface area contributed by atoms with Crippen molar-refractivity contribution in [3.8, 4) is 0 Å². The molecule has 4 atom stereocenters. The highest BCUT2D eigenvalue weighted by atomic mass is 14.9. The molecule has 3 aliphatic carbocycles. The largest absolute Gasteiger partial charge is 0.314 e. The zero-order valence-electron chi connectivity index (χ0n) is 12.2. The molecule has 1 N–H and O–H groups in total. The Morgan fingerprint density at radius 3 is 2.50 bits per heavy atom. The lowest BCUT2D eigenvalue weighted by atomic mass is 9.66. The van der Waals surface area contributed by atoms with Crippen LogP contribution in [-0.4, -0.2) is 12.6 Å². The molecule has 4 unspecified atom stereocenters. The predicted octanol–water partition coefficient (Wildman–Crippen LogP) is 4.37. The Hall–Kier alpha value is -0.0400. The molecule has 0 bridgehead atoms. The van der Waals surface area contributed by atoms with E-state index in [-0.39, 0.29) is 0 Å². The molecular formula is C17H31N. The van der Waals surface area contributed by atoms with Crippen LogP contribution in [0.1, 0.15) is 71.1 Å². The number of rotatable bonds is 4. The van der Waals surface area contributed by atoms with Crippen LogP contribution < -0.4 is 5.32 Å². The van der Waals surface area contributed by atoms with Crippen LogP contribution in [0.25, 0.3) is 0 Å². The van der Waals surface area contributed by atoms with E-state index in [9.17, 15) is 0 Å². The molecule has 0 aliphatic heterocycles. The Bertz CT molecular complexity index is 258. The van der Waals surface area contributed by atoms with Gasteiger partial charge in [0.2, 0.25) is 0 Å². The van der Waals surface area contributed by atoms with Crippen molar-refractivity contribution in [2.45, 2.75) is 77.2 Å². The fourth-order valence-electron chi connectivity index (χ4n) is 4.59. The molecule has 18 heavy (non-hydrogen) atoms. The van der Waals surface area contributed by atoms with E-state index in [0.717, 1.165) is 29.7 Å². The van der Waals surface area contributed by atoms with Crippen molar-refractivity contribution in [3.63, 3.8) is 0 Å². The molecule has 1 nitrogen and oxygen atoms in total. The second-order valence-corrected chi connectivity index (χ2v) is 7.42. The molecule has 0 amide bonds. The Labute approximate surface area is 113 Å². The summed E-state index contributed by atoms with van der Waals surface area (Å²) in [6, 6.07) is 0.901. The van der Waals surface area contributed by atoms with Crippen molar-refractivity contribution in [2.24, 2.45) is 23.7 Å². The zero-order chi connectivity index (χ0) is 12.4. The molecule has 0 aromatic carbocycles. The first-order chi connectivity index (χ1) is 8.83. The van der Waals surface area contributed by atoms with Crippen LogP contribution in [0.2, 0.25) is 0 Å². The van der Waals surface area contributed by atoms with Gasteiger partial charge in [0.05, 0.1) is 0 Å². The summed E-state index contributed by atoms with van der Waals surface area (Å²) in [7, 11) is 0. The average molecular weight is 249 g/mol. The van der Waals surface area contributed by atoms with Crippen molar-refractivity contribution >= 4 is 0 Å². The topological polar surface area (TPSA) is 12.0 Å². The van der Waals surface area contributed by atoms with Crippen LogP contribution in [0.4, 0.5) is 0 Å². The van der Waals surface area contributed by atoms with E-state index in [1.54, 1.807) is 0 Å². The van der Waals surface area contributed by atoms with E-state index in [4.69, 9.17) is 0 Å². The first-order valence-electron chi connectivity index (χ1n) is 8.56. The van der Waals surface area contributed by atoms with E-state index in [0.29, 0.717) is 0 Å². The second kappa shape index (κ2) is 5.94. The van der Waals surface area contributed by atoms with Gasteiger partial charge in [-0.2, -0.15) is 0 Å². The third-order valence-electron chi connectivity index (χ3n) is 5.80. The van der Waals surface area contributed by atoms with Crippen LogP contribution in [0, 0.1) is 23.7 Å². The van der Waals surface area contributed by atoms with Gasteiger partial charge in [0.1, 0.15) is 0 Å². The lowest BCUT2D eigenvalue weighted by Crippen LogP contribution is -2.36. The molecule has 1 heteroatoms. The fourth-order valence-corrected chi connectivity index (χ4v) is 4.59. The molecule has 0 spiro atoms. The zero-order valence-corrected chi connectivity index (χ0v) is 12.2. The molecule has 0 radical (unpaired) electrons. The molecule has 3 saturated carbocycles. The van der Waals surface area contributed by atoms with E-state index in [1.165, 1.54) is 70.8 Å². The molecular weight excluding hydrogens is 218 g/mol. The van der Waals surface area contributed by atoms with Crippen molar-refractivity contribution in [1.82, 2.24) is 5.32 Å². The van der Waals surface area contributed by atoms with Gasteiger partial charge in [-0.1, -0.05) is 39.0 Å². The predicted molar refractivity (Wildman–Crippen MR) is 77.6 cm³/mol. The van der Waals surface area contributed by atoms with Crippen molar-refractivity contribution in [2.75, 3.05) is 6.54 Å². The normalized spacial score (nSPS) is 41.8. The van der Waals surface area contributed by atoms with E-state index in [1.807, 2.05) is 0 Å². The summed E-state index contributed by atoms with van der Waals surface area (Å²) in [4.78, 5) is 0. The Morgan fingerprint density at radius 1 is 0.889 bits per heavy atom. The first-order valence-corrected chi connectivity index (χ1v) is 8.56. The minimum atomic E-state index is 0.901. The van der Waals surface area contributed by atoms with Gasteiger partial charge in [0, 0.05) is 6.04 Å². The van der Waals surface area contributed by atoms with Gasteiger partial charge >= 0.3 is 0 Å². The standard InChI is InChI=1S/C17H31N/c1-13-5-4-7-14(11-13)17-8-3-2-6-15(17)12-18-16-9-10-16/h13-18H,2-12H2,1H3. The third-order valence-corrected chi connectivity index (χ3v) is 5.80. The lowest BCUT2D eigenvalue weighted by Gasteiger charge is -2.40. The quantitative estimate of drug-likeness (QED) is 0.780. The van der Waals surface area contributed by atoms with E-state index < -0.39 is 0 Å². The molecule has 0 heterocycles. The van der Waals surface area contributed by atoms with E-state index >= 15 is 0 Å². The first kappa shape index (κ1) is 13.0. The van der Waals surface area contributed by atoms with Gasteiger partial charge < -0.3 is 5.32 Å². The maximum Gasteiger partial charge on any atom is 0.00683 e. The molecule has 104 valence electrons. The summed E-state index contributed by atoms with van der Waals surface area (Å²) in [6.45, 7) is 3.81. The van der Waals surface area contributed by atoms with Crippen molar-refractivity contribution in [1.29, 1.82) is 0 Å². The van der Waals surface area contributed by atoms with Crippen LogP contribution in [-0.2, 0) is 0 Å². The highest BCUT2D eigenvalue weighted by Crippen LogP contribution is 2.43. The minimum Gasteiger partial charge on any atom is -0.314 e. The maximum absolute atomic E-state index is 3.81. The molecule has 0 aromatic heterocycles. The molecule has 0 aromatic rings. The number of hydrogen-bond donors (Lipinski definition) is 1. The second-order valence-electron chi connectivity index (χ2n) is 7.42. The molecule has 3 fully saturated rings. The van der Waals surface area contributed by atoms with Gasteiger partial charge in [-0.3, -0.25) is 0 Å². The van der Waals surface area contributed by atoms with Crippen LogP contribution in [0.15, 0.2) is 0 Å². The summed E-state index contributed by atoms with van der Waals surface area (Å²) in [5.74, 6) is 4.14. The molecule has 3 rings (SSSR count). The van der Waals surface area contributed by atoms with E-state index in [2.05, 4.69) is 12.2 Å². The summed E-state index contributed by atoms with van der Waals surface area (Å²) >= 11 is 0. The van der Waals surface area contributed by atoms with Gasteiger partial charge in [-0.15, -0.1) is 0 Å². The van der Waals surface area contributed by atoms with Crippen LogP contribution in [0.5, 0.6) is 0 Å². The maximum atomic E-state index is 3.81.